The van der Waals surface area contributed by atoms with E-state index in [0.29, 0.717) is 43.1 Å². The van der Waals surface area contributed by atoms with Crippen LogP contribution in [0.15, 0.2) is 91.3 Å². The van der Waals surface area contributed by atoms with Crippen molar-refractivity contribution in [3.8, 4) is 5.69 Å². The van der Waals surface area contributed by atoms with Gasteiger partial charge in [-0.15, -0.1) is 0 Å². The van der Waals surface area contributed by atoms with Crippen molar-refractivity contribution in [2.75, 3.05) is 57.4 Å². The van der Waals surface area contributed by atoms with Gasteiger partial charge in [-0.05, 0) is 30.7 Å². The summed E-state index contributed by atoms with van der Waals surface area (Å²) < 4.78 is 45.5. The van der Waals surface area contributed by atoms with Crippen LogP contribution in [-0.2, 0) is 33.5 Å². The molecule has 5 heterocycles. The van der Waals surface area contributed by atoms with Crippen molar-refractivity contribution in [2.45, 2.75) is 38.1 Å². The number of fused-ring (bicyclic) bond motifs is 1. The molecular weight excluding hydrogens is 703 g/mol. The zero-order valence-electron chi connectivity index (χ0n) is 29.8. The average Bonchev–Trinajstić information content (AvgIpc) is 3.58. The first-order chi connectivity index (χ1) is 26.0. The maximum atomic E-state index is 13.0. The van der Waals surface area contributed by atoms with Gasteiger partial charge in [0.1, 0.15) is 17.6 Å². The van der Waals surface area contributed by atoms with Crippen molar-refractivity contribution < 1.29 is 32.3 Å². The number of hydrogen-bond donors (Lipinski definition) is 2. The van der Waals surface area contributed by atoms with Crippen LogP contribution in [0.4, 0.5) is 19.0 Å². The number of alkyl halides is 3. The van der Waals surface area contributed by atoms with E-state index in [-0.39, 0.29) is 12.3 Å². The lowest BCUT2D eigenvalue weighted by atomic mass is 10.0. The second-order valence-electron chi connectivity index (χ2n) is 13.1. The number of anilines is 1. The minimum atomic E-state index is -4.71. The van der Waals surface area contributed by atoms with Gasteiger partial charge >= 0.3 is 6.18 Å². The molecule has 0 bridgehead atoms. The number of nitrogens with zero attached hydrogens (tertiary/aromatic N) is 7. The van der Waals surface area contributed by atoms with Crippen LogP contribution in [0.5, 0.6) is 0 Å². The SMILES string of the molecule is C=C(CN1CCN(C2COC2)CC1)C(=O)NCc1ccccc1.CCN1C(=O)C(NC(=O)c2nccc(C(F)(F)F)n2)Cc2cnn(-c3ccccc3)c21. The van der Waals surface area contributed by atoms with Gasteiger partial charge < -0.3 is 15.4 Å². The van der Waals surface area contributed by atoms with Crippen LogP contribution in [-0.4, -0.2) is 112 Å². The number of benzene rings is 2. The van der Waals surface area contributed by atoms with Crippen molar-refractivity contribution in [1.29, 1.82) is 0 Å². The second-order valence-corrected chi connectivity index (χ2v) is 13.1. The first-order valence-corrected chi connectivity index (χ1v) is 17.7. The fraction of sp³-hybridized carbons (Fsp3) is 0.368. The maximum absolute atomic E-state index is 13.0. The van der Waals surface area contributed by atoms with Crippen LogP contribution < -0.4 is 15.5 Å². The van der Waals surface area contributed by atoms with E-state index in [1.54, 1.807) is 17.8 Å². The predicted molar refractivity (Wildman–Crippen MR) is 194 cm³/mol. The number of para-hydroxylation sites is 1. The summed E-state index contributed by atoms with van der Waals surface area (Å²) in [4.78, 5) is 50.8. The summed E-state index contributed by atoms with van der Waals surface area (Å²) in [5.74, 6) is -1.47. The Bertz CT molecular complexity index is 1930. The van der Waals surface area contributed by atoms with Gasteiger partial charge in [-0.2, -0.15) is 18.3 Å². The number of rotatable bonds is 10. The smallest absolute Gasteiger partial charge is 0.378 e. The molecule has 2 saturated heterocycles. The number of likely N-dealkylation sites (N-methyl/N-ethyl adjacent to an activating group) is 1. The summed E-state index contributed by atoms with van der Waals surface area (Å²) in [6, 6.07) is 19.5. The molecule has 0 spiro atoms. The molecule has 16 heteroatoms. The third-order valence-electron chi connectivity index (χ3n) is 9.41. The Morgan fingerprint density at radius 2 is 1.67 bits per heavy atom. The van der Waals surface area contributed by atoms with Gasteiger partial charge in [0, 0.05) is 69.6 Å². The van der Waals surface area contributed by atoms with Gasteiger partial charge in [0.05, 0.1) is 31.1 Å². The van der Waals surface area contributed by atoms with E-state index >= 15 is 0 Å². The highest BCUT2D eigenvalue weighted by Crippen LogP contribution is 2.31. The van der Waals surface area contributed by atoms with E-state index in [2.05, 4.69) is 42.1 Å². The molecule has 2 aromatic carbocycles. The fourth-order valence-electron chi connectivity index (χ4n) is 6.40. The number of hydrogen-bond acceptors (Lipinski definition) is 9. The summed E-state index contributed by atoms with van der Waals surface area (Å²) >= 11 is 0. The molecule has 0 radical (unpaired) electrons. The largest absolute Gasteiger partial charge is 0.433 e. The molecule has 54 heavy (non-hydrogen) atoms. The monoisotopic (exact) mass is 745 g/mol. The quantitative estimate of drug-likeness (QED) is 0.235. The summed E-state index contributed by atoms with van der Waals surface area (Å²) in [6.45, 7) is 13.1. The molecule has 0 saturated carbocycles. The van der Waals surface area contributed by atoms with Gasteiger partial charge in [0.25, 0.3) is 11.8 Å². The van der Waals surface area contributed by atoms with Crippen molar-refractivity contribution in [3.63, 3.8) is 0 Å². The molecule has 7 rings (SSSR count). The average molecular weight is 746 g/mol. The molecule has 0 aliphatic carbocycles. The normalized spacial score (nSPS) is 17.8. The number of halogens is 3. The zero-order chi connectivity index (χ0) is 38.2. The predicted octanol–water partition coefficient (Wildman–Crippen LogP) is 3.26. The van der Waals surface area contributed by atoms with E-state index in [1.165, 1.54) is 4.90 Å². The van der Waals surface area contributed by atoms with Crippen LogP contribution in [0.3, 0.4) is 0 Å². The summed E-state index contributed by atoms with van der Waals surface area (Å²) in [5, 5.41) is 9.77. The fourth-order valence-corrected chi connectivity index (χ4v) is 6.40. The van der Waals surface area contributed by atoms with Gasteiger partial charge in [-0.25, -0.2) is 14.6 Å². The molecule has 2 N–H and O–H groups in total. The van der Waals surface area contributed by atoms with Crippen LogP contribution in [0.1, 0.15) is 34.4 Å². The lowest BCUT2D eigenvalue weighted by Gasteiger charge is -2.42. The molecule has 2 fully saturated rings. The summed E-state index contributed by atoms with van der Waals surface area (Å²) in [6.07, 6.45) is -2.11. The first kappa shape index (κ1) is 38.3. The Labute approximate surface area is 310 Å². The van der Waals surface area contributed by atoms with Gasteiger partial charge in [-0.1, -0.05) is 55.1 Å². The Hall–Kier alpha value is -5.45. The molecular formula is C38H42F3N9O4. The molecule has 3 amide bonds. The van der Waals surface area contributed by atoms with E-state index in [1.807, 2.05) is 60.7 Å². The van der Waals surface area contributed by atoms with E-state index < -0.39 is 35.6 Å². The minimum Gasteiger partial charge on any atom is -0.378 e. The minimum absolute atomic E-state index is 0.0522. The molecule has 2 aromatic heterocycles. The number of aromatic nitrogens is 4. The number of amides is 3. The zero-order valence-corrected chi connectivity index (χ0v) is 29.8. The Balaban J connectivity index is 0.000000193. The van der Waals surface area contributed by atoms with Crippen molar-refractivity contribution in [2.24, 2.45) is 0 Å². The van der Waals surface area contributed by atoms with E-state index in [9.17, 15) is 27.6 Å². The third kappa shape index (κ3) is 9.18. The van der Waals surface area contributed by atoms with E-state index in [0.717, 1.165) is 62.4 Å². The topological polar surface area (TPSA) is 138 Å². The number of carbonyl (C=O) groups excluding carboxylic acids is 3. The lowest BCUT2D eigenvalue weighted by Crippen LogP contribution is -2.56. The second kappa shape index (κ2) is 17.1. The van der Waals surface area contributed by atoms with Crippen LogP contribution in [0, 0.1) is 0 Å². The molecule has 1 atom stereocenters. The summed E-state index contributed by atoms with van der Waals surface area (Å²) in [5.41, 5.74) is 2.01. The molecule has 13 nitrogen and oxygen atoms in total. The Morgan fingerprint density at radius 3 is 2.30 bits per heavy atom. The van der Waals surface area contributed by atoms with Gasteiger partial charge in [0.2, 0.25) is 11.7 Å². The van der Waals surface area contributed by atoms with Crippen molar-refractivity contribution in [1.82, 2.24) is 40.2 Å². The third-order valence-corrected chi connectivity index (χ3v) is 9.41. The standard InChI is InChI=1S/C20H17F3N6O2.C18H25N3O2/c1-2-28-18-12(11-25-29(18)13-6-4-3-5-7-13)10-14(19(28)31)26-17(30)16-24-9-8-15(27-16)20(21,22)23;1-15(18(22)19-11-16-5-3-2-4-6-16)12-20-7-9-21(10-8-20)17-13-23-14-17/h3-9,11,14H,2,10H2,1H3,(H,26,30);2-6,17H,1,7-14H2,(H,19,22). The van der Waals surface area contributed by atoms with Crippen LogP contribution in [0.25, 0.3) is 5.69 Å². The Kier molecular flexibility index (Phi) is 12.1. The molecule has 284 valence electrons. The van der Waals surface area contributed by atoms with Crippen LogP contribution in [0.2, 0.25) is 0 Å². The van der Waals surface area contributed by atoms with E-state index in [4.69, 9.17) is 4.74 Å². The maximum Gasteiger partial charge on any atom is 0.433 e. The van der Waals surface area contributed by atoms with Crippen molar-refractivity contribution in [3.05, 3.63) is 114 Å². The number of carbonyl (C=O) groups is 3. The molecule has 3 aliphatic heterocycles. The van der Waals surface area contributed by atoms with Crippen molar-refractivity contribution >= 4 is 23.5 Å². The highest BCUT2D eigenvalue weighted by molar-refractivity contribution is 6.03. The number of piperazine rings is 1. The highest BCUT2D eigenvalue weighted by atomic mass is 19.4. The highest BCUT2D eigenvalue weighted by Gasteiger charge is 2.38. The molecule has 1 unspecified atom stereocenters. The summed E-state index contributed by atoms with van der Waals surface area (Å²) in [7, 11) is 0. The van der Waals surface area contributed by atoms with Gasteiger partial charge in [0.15, 0.2) is 0 Å². The number of ether oxygens (including phenoxy) is 1. The number of nitrogens with one attached hydrogen (secondary N) is 2. The van der Waals surface area contributed by atoms with Gasteiger partial charge in [-0.3, -0.25) is 29.1 Å². The van der Waals surface area contributed by atoms with Crippen LogP contribution >= 0.6 is 0 Å². The molecule has 3 aliphatic rings. The Morgan fingerprint density at radius 1 is 0.981 bits per heavy atom. The molecule has 4 aromatic rings. The lowest BCUT2D eigenvalue weighted by molar-refractivity contribution is -0.141. The first-order valence-electron chi connectivity index (χ1n) is 17.7.